The Hall–Kier alpha value is -1.75. The molecule has 0 aliphatic rings. The molecule has 0 atom stereocenters. The van der Waals surface area contributed by atoms with Crippen molar-refractivity contribution in [3.05, 3.63) is 29.8 Å². The quantitative estimate of drug-likeness (QED) is 0.135. The number of hydrogen-bond acceptors (Lipinski definition) is 9. The van der Waals surface area contributed by atoms with Crippen LogP contribution < -0.4 is 4.74 Å². The summed E-state index contributed by atoms with van der Waals surface area (Å²) in [6.07, 6.45) is 4.41. The summed E-state index contributed by atoms with van der Waals surface area (Å²) < 4.78 is 43.5. The number of benzene rings is 1. The van der Waals surface area contributed by atoms with E-state index in [0.29, 0.717) is 84.0 Å². The van der Waals surface area contributed by atoms with Crippen LogP contribution in [0, 0.1) is 0 Å². The smallest absolute Gasteiger partial charge is 0.338 e. The summed E-state index contributed by atoms with van der Waals surface area (Å²) >= 11 is 0. The van der Waals surface area contributed by atoms with E-state index in [0.717, 1.165) is 38.9 Å². The van der Waals surface area contributed by atoms with Gasteiger partial charge in [0.05, 0.1) is 71.6 Å². The summed E-state index contributed by atoms with van der Waals surface area (Å²) in [5.74, 6) is 0.164. The van der Waals surface area contributed by atoms with E-state index in [4.69, 9.17) is 37.9 Å². The number of esters is 1. The van der Waals surface area contributed by atoms with Crippen LogP contribution in [0.5, 0.6) is 5.75 Å². The van der Waals surface area contributed by atoms with Gasteiger partial charge in [0, 0.05) is 13.2 Å². The second-order valence-electron chi connectivity index (χ2n) is 7.89. The summed E-state index contributed by atoms with van der Waals surface area (Å²) in [6.45, 7) is 11.4. The van der Waals surface area contributed by atoms with E-state index >= 15 is 0 Å². The first kappa shape index (κ1) is 32.3. The molecule has 1 aromatic carbocycles. The predicted molar refractivity (Wildman–Crippen MR) is 137 cm³/mol. The molecular weight excluding hydrogens is 468 g/mol. The molecule has 0 saturated heterocycles. The van der Waals surface area contributed by atoms with Gasteiger partial charge in [-0.25, -0.2) is 4.79 Å². The van der Waals surface area contributed by atoms with Crippen LogP contribution in [0.15, 0.2) is 24.3 Å². The summed E-state index contributed by atoms with van der Waals surface area (Å²) in [6, 6.07) is 6.88. The summed E-state index contributed by atoms with van der Waals surface area (Å²) in [5, 5.41) is 0. The molecule has 0 spiro atoms. The molecule has 1 rings (SSSR count). The maximum absolute atomic E-state index is 12.2. The zero-order valence-electron chi connectivity index (χ0n) is 22.2. The third-order valence-electron chi connectivity index (χ3n) is 4.80. The Morgan fingerprint density at radius 3 is 1.53 bits per heavy atom. The summed E-state index contributed by atoms with van der Waals surface area (Å²) in [4.78, 5) is 12.2. The van der Waals surface area contributed by atoms with Crippen molar-refractivity contribution in [2.75, 3.05) is 92.5 Å². The second-order valence-corrected chi connectivity index (χ2v) is 7.89. The fourth-order valence-electron chi connectivity index (χ4n) is 2.78. The van der Waals surface area contributed by atoms with Crippen molar-refractivity contribution in [1.82, 2.24) is 0 Å². The predicted octanol–water partition coefficient (Wildman–Crippen LogP) is 3.92. The van der Waals surface area contributed by atoms with Crippen molar-refractivity contribution >= 4 is 5.97 Å². The van der Waals surface area contributed by atoms with Crippen LogP contribution >= 0.6 is 0 Å². The van der Waals surface area contributed by atoms with E-state index in [-0.39, 0.29) is 6.61 Å². The highest BCUT2D eigenvalue weighted by Gasteiger charge is 2.08. The molecule has 0 aliphatic carbocycles. The van der Waals surface area contributed by atoms with Gasteiger partial charge in [0.1, 0.15) is 19.0 Å². The monoisotopic (exact) mass is 514 g/mol. The zero-order valence-corrected chi connectivity index (χ0v) is 22.2. The minimum absolute atomic E-state index is 0.171. The lowest BCUT2D eigenvalue weighted by atomic mass is 10.2. The van der Waals surface area contributed by atoms with Gasteiger partial charge in [-0.15, -0.1) is 0 Å². The average Bonchev–Trinajstić information content (AvgIpc) is 2.90. The van der Waals surface area contributed by atoms with Crippen LogP contribution in [-0.4, -0.2) is 98.5 Å². The van der Waals surface area contributed by atoms with Crippen LogP contribution in [0.25, 0.3) is 0 Å². The molecular formula is C27H46O9. The molecule has 208 valence electrons. The molecule has 0 heterocycles. The summed E-state index contributed by atoms with van der Waals surface area (Å²) in [7, 11) is 0. The van der Waals surface area contributed by atoms with Gasteiger partial charge in [-0.2, -0.15) is 0 Å². The van der Waals surface area contributed by atoms with Gasteiger partial charge in [-0.1, -0.05) is 32.8 Å². The third kappa shape index (κ3) is 19.4. The van der Waals surface area contributed by atoms with Gasteiger partial charge in [-0.05, 0) is 31.0 Å². The lowest BCUT2D eigenvalue weighted by Crippen LogP contribution is -2.14. The maximum atomic E-state index is 12.2. The molecule has 36 heavy (non-hydrogen) atoms. The highest BCUT2D eigenvalue weighted by Crippen LogP contribution is 2.14. The van der Waals surface area contributed by atoms with Crippen molar-refractivity contribution in [2.24, 2.45) is 0 Å². The topological polar surface area (TPSA) is 90.9 Å². The first-order valence-corrected chi connectivity index (χ1v) is 13.1. The van der Waals surface area contributed by atoms with Crippen LogP contribution in [0.2, 0.25) is 0 Å². The molecule has 0 saturated carbocycles. The highest BCUT2D eigenvalue weighted by atomic mass is 16.6. The normalized spacial score (nSPS) is 11.1. The SMILES string of the molecule is CCCCOCCOCCOCCOC(=O)c1cccc(OCCOCCOCCOCCCC)c1. The molecule has 0 amide bonds. The molecule has 1 aromatic rings. The number of rotatable bonds is 26. The molecule has 9 heteroatoms. The van der Waals surface area contributed by atoms with Crippen LogP contribution in [-0.2, 0) is 33.2 Å². The fourth-order valence-corrected chi connectivity index (χ4v) is 2.78. The Bertz CT molecular complexity index is 627. The van der Waals surface area contributed by atoms with E-state index in [9.17, 15) is 4.79 Å². The van der Waals surface area contributed by atoms with Crippen molar-refractivity contribution in [2.45, 2.75) is 39.5 Å². The number of hydrogen-bond donors (Lipinski definition) is 0. The number of carbonyl (C=O) groups is 1. The maximum Gasteiger partial charge on any atom is 0.338 e. The molecule has 0 radical (unpaired) electrons. The van der Waals surface area contributed by atoms with Gasteiger partial charge in [0.25, 0.3) is 0 Å². The third-order valence-corrected chi connectivity index (χ3v) is 4.80. The largest absolute Gasteiger partial charge is 0.491 e. The minimum atomic E-state index is -0.420. The Morgan fingerprint density at radius 2 is 1.03 bits per heavy atom. The van der Waals surface area contributed by atoms with Gasteiger partial charge in [0.2, 0.25) is 0 Å². The Labute approximate surface area is 216 Å². The Morgan fingerprint density at radius 1 is 0.583 bits per heavy atom. The van der Waals surface area contributed by atoms with Gasteiger partial charge in [0.15, 0.2) is 0 Å². The van der Waals surface area contributed by atoms with E-state index in [2.05, 4.69) is 13.8 Å². The summed E-state index contributed by atoms with van der Waals surface area (Å²) in [5.41, 5.74) is 0.425. The first-order valence-electron chi connectivity index (χ1n) is 13.1. The molecule has 0 unspecified atom stereocenters. The van der Waals surface area contributed by atoms with Crippen LogP contribution in [0.3, 0.4) is 0 Å². The lowest BCUT2D eigenvalue weighted by molar-refractivity contribution is 0.000270. The standard InChI is InChI=1S/C27H46O9/c1-3-5-10-29-12-14-31-16-18-33-20-22-35-26-9-7-8-25(24-26)27(28)36-23-21-34-19-17-32-15-13-30-11-6-4-2/h7-9,24H,3-6,10-23H2,1-2H3. The van der Waals surface area contributed by atoms with Crippen LogP contribution in [0.1, 0.15) is 49.9 Å². The lowest BCUT2D eigenvalue weighted by Gasteiger charge is -2.10. The van der Waals surface area contributed by atoms with Crippen molar-refractivity contribution in [3.8, 4) is 5.75 Å². The van der Waals surface area contributed by atoms with E-state index in [1.54, 1.807) is 24.3 Å². The van der Waals surface area contributed by atoms with Crippen LogP contribution in [0.4, 0.5) is 0 Å². The van der Waals surface area contributed by atoms with E-state index in [1.807, 2.05) is 0 Å². The molecule has 0 bridgehead atoms. The van der Waals surface area contributed by atoms with E-state index in [1.165, 1.54) is 0 Å². The molecule has 0 aliphatic heterocycles. The molecule has 9 nitrogen and oxygen atoms in total. The average molecular weight is 515 g/mol. The molecule has 0 aromatic heterocycles. The Balaban J connectivity index is 1.99. The molecule has 0 fully saturated rings. The van der Waals surface area contributed by atoms with Crippen molar-refractivity contribution in [1.29, 1.82) is 0 Å². The van der Waals surface area contributed by atoms with E-state index < -0.39 is 5.97 Å². The van der Waals surface area contributed by atoms with Gasteiger partial charge < -0.3 is 37.9 Å². The van der Waals surface area contributed by atoms with Crippen molar-refractivity contribution < 1.29 is 42.7 Å². The number of carbonyl (C=O) groups excluding carboxylic acids is 1. The fraction of sp³-hybridized carbons (Fsp3) is 0.741. The van der Waals surface area contributed by atoms with Gasteiger partial charge in [-0.3, -0.25) is 0 Å². The second kappa shape index (κ2) is 24.9. The Kier molecular flexibility index (Phi) is 22.3. The van der Waals surface area contributed by atoms with Crippen molar-refractivity contribution in [3.63, 3.8) is 0 Å². The number of unbranched alkanes of at least 4 members (excludes halogenated alkanes) is 2. The highest BCUT2D eigenvalue weighted by molar-refractivity contribution is 5.89. The first-order chi connectivity index (χ1) is 17.8. The minimum Gasteiger partial charge on any atom is -0.491 e. The number of ether oxygens (including phenoxy) is 8. The zero-order chi connectivity index (χ0) is 25.9. The van der Waals surface area contributed by atoms with Gasteiger partial charge >= 0.3 is 5.97 Å². The molecule has 0 N–H and O–H groups in total.